The normalized spacial score (nSPS) is 32.8. The third-order valence-corrected chi connectivity index (χ3v) is 8.12. The van der Waals surface area contributed by atoms with E-state index in [9.17, 15) is 14.0 Å². The van der Waals surface area contributed by atoms with Gasteiger partial charge in [-0.3, -0.25) is 9.59 Å². The fraction of sp³-hybridized carbons (Fsp3) is 0.524. The van der Waals surface area contributed by atoms with Crippen LogP contribution in [0.3, 0.4) is 0 Å². The molecule has 0 aromatic heterocycles. The number of hydrogen-bond acceptors (Lipinski definition) is 5. The summed E-state index contributed by atoms with van der Waals surface area (Å²) in [6.45, 7) is 6.88. The summed E-state index contributed by atoms with van der Waals surface area (Å²) in [7, 11) is 0. The van der Waals surface area contributed by atoms with Crippen molar-refractivity contribution in [3.63, 3.8) is 0 Å². The minimum Gasteiger partial charge on any atom is -0.326 e. The topological polar surface area (TPSA) is 82.9 Å². The van der Waals surface area contributed by atoms with Crippen LogP contribution in [0.2, 0.25) is 0 Å². The van der Waals surface area contributed by atoms with Gasteiger partial charge in [0.25, 0.3) is 0 Å². The van der Waals surface area contributed by atoms with Crippen LogP contribution in [0, 0.1) is 22.6 Å². The number of thioether (sulfide) groups is 1. The summed E-state index contributed by atoms with van der Waals surface area (Å²) in [5, 5.41) is 14.1. The summed E-state index contributed by atoms with van der Waals surface area (Å²) in [4.78, 5) is 24.4. The highest BCUT2D eigenvalue weighted by molar-refractivity contribution is 8.15. The van der Waals surface area contributed by atoms with Gasteiger partial charge in [0.2, 0.25) is 11.8 Å². The molecular weight excluding hydrogens is 391 g/mol. The first-order valence-corrected chi connectivity index (χ1v) is 10.7. The van der Waals surface area contributed by atoms with Gasteiger partial charge in [0.15, 0.2) is 5.17 Å². The number of hydrogen-bond donors (Lipinski definition) is 2. The van der Waals surface area contributed by atoms with Crippen molar-refractivity contribution in [1.82, 2.24) is 5.32 Å². The van der Waals surface area contributed by atoms with E-state index >= 15 is 0 Å². The number of carbonyl (C=O) groups is 2. The Kier molecular flexibility index (Phi) is 5.01. The Morgan fingerprint density at radius 3 is 2.62 bits per heavy atom. The average Bonchev–Trinajstić information content (AvgIpc) is 3.18. The number of anilines is 1. The van der Waals surface area contributed by atoms with Crippen LogP contribution in [0.15, 0.2) is 34.5 Å². The molecule has 8 heteroatoms. The maximum absolute atomic E-state index is 13.0. The molecule has 2 saturated carbocycles. The van der Waals surface area contributed by atoms with Crippen LogP contribution in [-0.4, -0.2) is 27.9 Å². The summed E-state index contributed by atoms with van der Waals surface area (Å²) in [5.41, 5.74) is 1.88. The van der Waals surface area contributed by atoms with Gasteiger partial charge in [-0.15, -0.1) is 5.10 Å². The van der Waals surface area contributed by atoms with E-state index in [-0.39, 0.29) is 34.9 Å². The van der Waals surface area contributed by atoms with E-state index in [2.05, 4.69) is 41.6 Å². The highest BCUT2D eigenvalue weighted by atomic mass is 32.2. The van der Waals surface area contributed by atoms with Crippen LogP contribution in [0.5, 0.6) is 0 Å². The van der Waals surface area contributed by atoms with Gasteiger partial charge in [-0.05, 0) is 54.9 Å². The van der Waals surface area contributed by atoms with Crippen molar-refractivity contribution in [2.75, 3.05) is 5.32 Å². The van der Waals surface area contributed by atoms with E-state index in [1.807, 2.05) is 0 Å². The molecule has 6 nitrogen and oxygen atoms in total. The average molecular weight is 417 g/mol. The maximum atomic E-state index is 13.0. The first-order chi connectivity index (χ1) is 13.7. The van der Waals surface area contributed by atoms with Crippen LogP contribution in [0.4, 0.5) is 10.1 Å². The van der Waals surface area contributed by atoms with Crippen molar-refractivity contribution < 1.29 is 14.0 Å². The molecule has 3 unspecified atom stereocenters. The number of amides is 2. The van der Waals surface area contributed by atoms with Gasteiger partial charge in [0, 0.05) is 23.2 Å². The lowest BCUT2D eigenvalue weighted by molar-refractivity contribution is -0.122. The van der Waals surface area contributed by atoms with Crippen LogP contribution in [-0.2, 0) is 9.59 Å². The molecule has 3 atom stereocenters. The quantitative estimate of drug-likeness (QED) is 0.729. The smallest absolute Gasteiger partial charge is 0.240 e. The SMILES string of the molecule is CC12CCC(C/C1=N\N=C1/NC(=O)C(CC(=O)Nc3ccc(F)cc3)S1)C2(C)C. The van der Waals surface area contributed by atoms with Crippen LogP contribution in [0.25, 0.3) is 0 Å². The molecule has 2 amide bonds. The Hall–Kier alpha value is -2.22. The molecule has 1 saturated heterocycles. The summed E-state index contributed by atoms with van der Waals surface area (Å²) in [6, 6.07) is 5.51. The summed E-state index contributed by atoms with van der Waals surface area (Å²) < 4.78 is 13.0. The summed E-state index contributed by atoms with van der Waals surface area (Å²) in [5.74, 6) is -0.286. The molecule has 1 aromatic carbocycles. The third-order valence-electron chi connectivity index (χ3n) is 7.05. The Morgan fingerprint density at radius 2 is 2.00 bits per heavy atom. The van der Waals surface area contributed by atoms with Gasteiger partial charge in [-0.25, -0.2) is 4.39 Å². The number of rotatable bonds is 4. The third kappa shape index (κ3) is 3.58. The second kappa shape index (κ2) is 7.23. The fourth-order valence-corrected chi connectivity index (χ4v) is 5.60. The number of fused-ring (bicyclic) bond motifs is 2. The first kappa shape index (κ1) is 20.1. The van der Waals surface area contributed by atoms with Gasteiger partial charge in [0.1, 0.15) is 11.1 Å². The van der Waals surface area contributed by atoms with Gasteiger partial charge >= 0.3 is 0 Å². The zero-order valence-electron chi connectivity index (χ0n) is 16.8. The summed E-state index contributed by atoms with van der Waals surface area (Å²) >= 11 is 1.22. The second-order valence-electron chi connectivity index (χ2n) is 8.80. The molecule has 1 aromatic rings. The predicted octanol–water partition coefficient (Wildman–Crippen LogP) is 3.94. The molecule has 2 N–H and O–H groups in total. The largest absolute Gasteiger partial charge is 0.326 e. The van der Waals surface area contributed by atoms with E-state index in [4.69, 9.17) is 0 Å². The molecule has 2 aliphatic carbocycles. The molecule has 3 aliphatic rings. The number of halogens is 1. The van der Waals surface area contributed by atoms with Crippen LogP contribution >= 0.6 is 11.8 Å². The van der Waals surface area contributed by atoms with Crippen molar-refractivity contribution in [3.05, 3.63) is 30.1 Å². The zero-order chi connectivity index (χ0) is 20.8. The molecule has 2 bridgehead atoms. The van der Waals surface area contributed by atoms with Crippen molar-refractivity contribution in [2.24, 2.45) is 27.0 Å². The molecule has 1 aliphatic heterocycles. The van der Waals surface area contributed by atoms with E-state index in [0.717, 1.165) is 18.6 Å². The highest BCUT2D eigenvalue weighted by Crippen LogP contribution is 2.64. The molecular formula is C21H25FN4O2S. The van der Waals surface area contributed by atoms with E-state index in [1.54, 1.807) is 0 Å². The lowest BCUT2D eigenvalue weighted by atomic mass is 9.70. The molecule has 154 valence electrons. The number of nitrogens with zero attached hydrogens (tertiary/aromatic N) is 2. The minimum atomic E-state index is -0.554. The highest BCUT2D eigenvalue weighted by Gasteiger charge is 2.60. The van der Waals surface area contributed by atoms with Crippen molar-refractivity contribution >= 4 is 40.1 Å². The van der Waals surface area contributed by atoms with E-state index in [0.29, 0.717) is 16.8 Å². The molecule has 3 fully saturated rings. The fourth-order valence-electron chi connectivity index (χ4n) is 4.69. The van der Waals surface area contributed by atoms with E-state index in [1.165, 1.54) is 42.4 Å². The van der Waals surface area contributed by atoms with Gasteiger partial charge in [0.05, 0.1) is 0 Å². The number of carbonyl (C=O) groups excluding carboxylic acids is 2. The van der Waals surface area contributed by atoms with Gasteiger partial charge in [-0.2, -0.15) is 5.10 Å². The predicted molar refractivity (Wildman–Crippen MR) is 113 cm³/mol. The Labute approximate surface area is 173 Å². The van der Waals surface area contributed by atoms with Crippen molar-refractivity contribution in [1.29, 1.82) is 0 Å². The molecule has 29 heavy (non-hydrogen) atoms. The monoisotopic (exact) mass is 416 g/mol. The number of benzene rings is 1. The zero-order valence-corrected chi connectivity index (χ0v) is 17.6. The Morgan fingerprint density at radius 1 is 1.28 bits per heavy atom. The molecule has 0 radical (unpaired) electrons. The van der Waals surface area contributed by atoms with E-state index < -0.39 is 5.25 Å². The maximum Gasteiger partial charge on any atom is 0.240 e. The standard InChI is InChI=1S/C21H25FN4O2S/c1-20(2)12-8-9-21(20,3)16(10-12)25-26-19-24-18(28)15(29-19)11-17(27)23-14-6-4-13(22)5-7-14/h4-7,12,15H,8-11H2,1-3H3,(H,23,27)(H,24,26,28)/b25-16+. The van der Waals surface area contributed by atoms with Crippen molar-refractivity contribution in [2.45, 2.75) is 51.7 Å². The van der Waals surface area contributed by atoms with Gasteiger partial charge in [-0.1, -0.05) is 32.5 Å². The van der Waals surface area contributed by atoms with Crippen LogP contribution in [0.1, 0.15) is 46.5 Å². The Bertz CT molecular complexity index is 912. The Balaban J connectivity index is 1.38. The molecule has 0 spiro atoms. The lowest BCUT2D eigenvalue weighted by Crippen LogP contribution is -2.32. The van der Waals surface area contributed by atoms with Crippen LogP contribution < -0.4 is 10.6 Å². The van der Waals surface area contributed by atoms with Crippen molar-refractivity contribution in [3.8, 4) is 0 Å². The number of amidine groups is 1. The minimum absolute atomic E-state index is 0.0102. The lowest BCUT2D eigenvalue weighted by Gasteiger charge is -2.34. The first-order valence-electron chi connectivity index (χ1n) is 9.87. The number of nitrogens with one attached hydrogen (secondary N) is 2. The second-order valence-corrected chi connectivity index (χ2v) is 9.99. The summed E-state index contributed by atoms with van der Waals surface area (Å²) in [6.07, 6.45) is 3.33. The van der Waals surface area contributed by atoms with Gasteiger partial charge < -0.3 is 10.6 Å². The molecule has 1 heterocycles. The molecule has 4 rings (SSSR count).